The summed E-state index contributed by atoms with van der Waals surface area (Å²) in [6.45, 7) is 3.48. The maximum atomic E-state index is 11.6. The number of amides is 1. The fourth-order valence-corrected chi connectivity index (χ4v) is 5.01. The molecule has 1 saturated carbocycles. The standard InChI is InChI=1S/C25H22N4O2S2/c1-2-22(30)26-18-4-3-5-19(14-18)31-24-23-21(12-13-32-23)28-25(29-24)27-17-8-10-20(11-9-17)33-15-16-6-7-16/h2-5,8-14,16H,1,6-7,15H2,(H,26,30)(H,27,28,29). The highest BCUT2D eigenvalue weighted by atomic mass is 32.2. The van der Waals surface area contributed by atoms with Gasteiger partial charge in [-0.1, -0.05) is 12.6 Å². The van der Waals surface area contributed by atoms with E-state index in [1.807, 2.05) is 47.5 Å². The number of ether oxygens (including phenoxy) is 1. The molecule has 2 aromatic heterocycles. The van der Waals surface area contributed by atoms with Crippen LogP contribution in [-0.2, 0) is 4.79 Å². The van der Waals surface area contributed by atoms with Gasteiger partial charge in [-0.05, 0) is 72.7 Å². The molecular formula is C25H22N4O2S2. The molecule has 0 unspecified atom stereocenters. The third kappa shape index (κ3) is 5.53. The van der Waals surface area contributed by atoms with Gasteiger partial charge in [0.15, 0.2) is 0 Å². The summed E-state index contributed by atoms with van der Waals surface area (Å²) in [6, 6.07) is 17.4. The first-order valence-electron chi connectivity index (χ1n) is 10.6. The summed E-state index contributed by atoms with van der Waals surface area (Å²) >= 11 is 3.43. The van der Waals surface area contributed by atoms with Gasteiger partial charge in [-0.3, -0.25) is 4.79 Å². The van der Waals surface area contributed by atoms with Crippen LogP contribution in [0.3, 0.4) is 0 Å². The van der Waals surface area contributed by atoms with Gasteiger partial charge in [-0.2, -0.15) is 4.98 Å². The summed E-state index contributed by atoms with van der Waals surface area (Å²) in [5.41, 5.74) is 2.34. The Balaban J connectivity index is 1.34. The SMILES string of the molecule is C=CC(=O)Nc1cccc(Oc2nc(Nc3ccc(SCC4CC4)cc3)nc3ccsc23)c1. The fourth-order valence-electron chi connectivity index (χ4n) is 3.17. The van der Waals surface area contributed by atoms with E-state index >= 15 is 0 Å². The lowest BCUT2D eigenvalue weighted by Gasteiger charge is -2.11. The van der Waals surface area contributed by atoms with E-state index in [4.69, 9.17) is 4.74 Å². The maximum absolute atomic E-state index is 11.6. The van der Waals surface area contributed by atoms with Crippen LogP contribution < -0.4 is 15.4 Å². The summed E-state index contributed by atoms with van der Waals surface area (Å²) in [5.74, 6) is 3.30. The summed E-state index contributed by atoms with van der Waals surface area (Å²) in [7, 11) is 0. The zero-order valence-electron chi connectivity index (χ0n) is 17.8. The van der Waals surface area contributed by atoms with E-state index in [1.165, 1.54) is 40.9 Å². The first kappa shape index (κ1) is 21.5. The Morgan fingerprint density at radius 3 is 2.79 bits per heavy atom. The molecule has 8 heteroatoms. The Hall–Kier alpha value is -3.36. The quantitative estimate of drug-likeness (QED) is 0.204. The highest BCUT2D eigenvalue weighted by Gasteiger charge is 2.21. The number of carbonyl (C=O) groups excluding carboxylic acids is 1. The first-order chi connectivity index (χ1) is 16.2. The molecule has 2 N–H and O–H groups in total. The molecule has 33 heavy (non-hydrogen) atoms. The van der Waals surface area contributed by atoms with Crippen molar-refractivity contribution < 1.29 is 9.53 Å². The molecule has 1 aliphatic rings. The lowest BCUT2D eigenvalue weighted by Crippen LogP contribution is -2.07. The third-order valence-electron chi connectivity index (χ3n) is 5.07. The lowest BCUT2D eigenvalue weighted by molar-refractivity contribution is -0.111. The van der Waals surface area contributed by atoms with E-state index in [9.17, 15) is 4.79 Å². The zero-order valence-corrected chi connectivity index (χ0v) is 19.4. The third-order valence-corrected chi connectivity index (χ3v) is 7.20. The van der Waals surface area contributed by atoms with Gasteiger partial charge >= 0.3 is 0 Å². The number of nitrogens with one attached hydrogen (secondary N) is 2. The van der Waals surface area contributed by atoms with Crippen molar-refractivity contribution in [3.63, 3.8) is 0 Å². The molecule has 0 radical (unpaired) electrons. The van der Waals surface area contributed by atoms with E-state index in [0.29, 0.717) is 23.3 Å². The van der Waals surface area contributed by atoms with E-state index < -0.39 is 0 Å². The number of benzene rings is 2. The van der Waals surface area contributed by atoms with Crippen LogP contribution in [0.2, 0.25) is 0 Å². The van der Waals surface area contributed by atoms with Crippen LogP contribution in [0.25, 0.3) is 10.2 Å². The Morgan fingerprint density at radius 1 is 1.15 bits per heavy atom. The van der Waals surface area contributed by atoms with Crippen LogP contribution in [0, 0.1) is 5.92 Å². The van der Waals surface area contributed by atoms with Crippen LogP contribution in [0.4, 0.5) is 17.3 Å². The molecule has 1 aliphatic carbocycles. The van der Waals surface area contributed by atoms with Crippen molar-refractivity contribution in [3.05, 3.63) is 72.6 Å². The summed E-state index contributed by atoms with van der Waals surface area (Å²) in [6.07, 6.45) is 3.96. The van der Waals surface area contributed by atoms with Crippen LogP contribution in [0.15, 0.2) is 77.5 Å². The average molecular weight is 475 g/mol. The highest BCUT2D eigenvalue weighted by molar-refractivity contribution is 7.99. The number of anilines is 3. The van der Waals surface area contributed by atoms with Crippen molar-refractivity contribution in [1.29, 1.82) is 0 Å². The van der Waals surface area contributed by atoms with Gasteiger partial charge < -0.3 is 15.4 Å². The predicted molar refractivity (Wildman–Crippen MR) is 136 cm³/mol. The minimum Gasteiger partial charge on any atom is -0.437 e. The molecule has 0 atom stereocenters. The Morgan fingerprint density at radius 2 is 2.00 bits per heavy atom. The molecule has 2 heterocycles. The Labute approximate surface area is 200 Å². The molecule has 4 aromatic rings. The van der Waals surface area contributed by atoms with Gasteiger partial charge in [0.25, 0.3) is 0 Å². The molecule has 166 valence electrons. The topological polar surface area (TPSA) is 76.1 Å². The second-order valence-electron chi connectivity index (χ2n) is 7.71. The monoisotopic (exact) mass is 474 g/mol. The molecule has 0 saturated heterocycles. The normalized spacial score (nSPS) is 13.0. The number of nitrogens with zero attached hydrogens (tertiary/aromatic N) is 2. The van der Waals surface area contributed by atoms with Crippen LogP contribution in [0.1, 0.15) is 12.8 Å². The minimum atomic E-state index is -0.279. The number of carbonyl (C=O) groups is 1. The van der Waals surface area contributed by atoms with E-state index in [-0.39, 0.29) is 5.91 Å². The molecule has 0 aliphatic heterocycles. The summed E-state index contributed by atoms with van der Waals surface area (Å²) in [4.78, 5) is 22.1. The first-order valence-corrected chi connectivity index (χ1v) is 12.5. The van der Waals surface area contributed by atoms with Crippen LogP contribution >= 0.6 is 23.1 Å². The summed E-state index contributed by atoms with van der Waals surface area (Å²) < 4.78 is 6.96. The minimum absolute atomic E-state index is 0.279. The highest BCUT2D eigenvalue weighted by Crippen LogP contribution is 2.36. The smallest absolute Gasteiger partial charge is 0.247 e. The van der Waals surface area contributed by atoms with Gasteiger partial charge in [0.05, 0.1) is 5.52 Å². The van der Waals surface area contributed by atoms with Gasteiger partial charge in [-0.25, -0.2) is 4.98 Å². The largest absolute Gasteiger partial charge is 0.437 e. The predicted octanol–water partition coefficient (Wildman–Crippen LogP) is 6.85. The van der Waals surface area contributed by atoms with Gasteiger partial charge in [0.2, 0.25) is 17.7 Å². The second kappa shape index (κ2) is 9.64. The molecular weight excluding hydrogens is 452 g/mol. The fraction of sp³-hybridized carbons (Fsp3) is 0.160. The number of thiophene rings is 1. The van der Waals surface area contributed by atoms with Crippen molar-refractivity contribution >= 4 is 56.5 Å². The van der Waals surface area contributed by atoms with Crippen molar-refractivity contribution in [2.75, 3.05) is 16.4 Å². The molecule has 0 bridgehead atoms. The number of hydrogen-bond donors (Lipinski definition) is 2. The average Bonchev–Trinajstić information content (AvgIpc) is 3.53. The summed E-state index contributed by atoms with van der Waals surface area (Å²) in [5, 5.41) is 7.98. The molecule has 5 rings (SSSR count). The number of fused-ring (bicyclic) bond motifs is 1. The van der Waals surface area contributed by atoms with E-state index in [1.54, 1.807) is 12.1 Å². The number of rotatable bonds is 9. The molecule has 2 aromatic carbocycles. The van der Waals surface area contributed by atoms with Gasteiger partial charge in [0.1, 0.15) is 10.4 Å². The van der Waals surface area contributed by atoms with Crippen LogP contribution in [0.5, 0.6) is 11.6 Å². The number of thioether (sulfide) groups is 1. The molecule has 1 fully saturated rings. The Kier molecular flexibility index (Phi) is 6.28. The van der Waals surface area contributed by atoms with Gasteiger partial charge in [0, 0.05) is 28.1 Å². The van der Waals surface area contributed by atoms with E-state index in [0.717, 1.165) is 21.8 Å². The number of hydrogen-bond acceptors (Lipinski definition) is 7. The molecule has 1 amide bonds. The Bertz CT molecular complexity index is 1300. The maximum Gasteiger partial charge on any atom is 0.247 e. The lowest BCUT2D eigenvalue weighted by atomic mass is 10.3. The van der Waals surface area contributed by atoms with Crippen molar-refractivity contribution in [2.45, 2.75) is 17.7 Å². The van der Waals surface area contributed by atoms with Gasteiger partial charge in [-0.15, -0.1) is 23.1 Å². The van der Waals surface area contributed by atoms with Crippen LogP contribution in [-0.4, -0.2) is 21.6 Å². The van der Waals surface area contributed by atoms with Crippen molar-refractivity contribution in [2.24, 2.45) is 5.92 Å². The molecule has 6 nitrogen and oxygen atoms in total. The van der Waals surface area contributed by atoms with E-state index in [2.05, 4.69) is 39.3 Å². The van der Waals surface area contributed by atoms with Crippen molar-refractivity contribution in [1.82, 2.24) is 9.97 Å². The zero-order chi connectivity index (χ0) is 22.6. The second-order valence-corrected chi connectivity index (χ2v) is 9.72. The molecule has 0 spiro atoms. The number of aromatic nitrogens is 2. The van der Waals surface area contributed by atoms with Crippen molar-refractivity contribution in [3.8, 4) is 11.6 Å².